The van der Waals surface area contributed by atoms with Gasteiger partial charge in [-0.2, -0.15) is 0 Å². The molecule has 3 unspecified atom stereocenters. The Morgan fingerprint density at radius 3 is 2.52 bits per heavy atom. The van der Waals surface area contributed by atoms with Crippen molar-refractivity contribution in [3.8, 4) is 0 Å². The number of amides is 1. The van der Waals surface area contributed by atoms with Gasteiger partial charge in [0.2, 0.25) is 15.9 Å². The summed E-state index contributed by atoms with van der Waals surface area (Å²) in [5.41, 5.74) is 2.25. The zero-order chi connectivity index (χ0) is 23.2. The molecule has 0 aliphatic heterocycles. The van der Waals surface area contributed by atoms with Crippen LogP contribution in [-0.4, -0.2) is 25.6 Å². The van der Waals surface area contributed by atoms with E-state index in [4.69, 9.17) is 0 Å². The van der Waals surface area contributed by atoms with E-state index in [0.29, 0.717) is 23.1 Å². The van der Waals surface area contributed by atoms with Crippen LogP contribution in [0.1, 0.15) is 60.3 Å². The summed E-state index contributed by atoms with van der Waals surface area (Å²) in [5.74, 6) is 1.91. The molecule has 1 amide bonds. The molecule has 0 aromatic heterocycles. The van der Waals surface area contributed by atoms with Crippen molar-refractivity contribution in [2.45, 2.75) is 71.6 Å². The van der Waals surface area contributed by atoms with Crippen molar-refractivity contribution >= 4 is 15.9 Å². The van der Waals surface area contributed by atoms with Crippen LogP contribution in [0.25, 0.3) is 0 Å². The molecular formula is C25H38N2O3S. The quantitative estimate of drug-likeness (QED) is 0.416. The molecule has 2 aliphatic rings. The number of carbonyl (C=O) groups is 1. The molecule has 0 heterocycles. The number of allylic oxidation sites excluding steroid dienone is 5. The molecular weight excluding hydrogens is 408 g/mol. The minimum atomic E-state index is -3.46. The monoisotopic (exact) mass is 446 g/mol. The summed E-state index contributed by atoms with van der Waals surface area (Å²) in [4.78, 5) is 12.6. The van der Waals surface area contributed by atoms with Crippen LogP contribution in [0.15, 0.2) is 59.9 Å². The summed E-state index contributed by atoms with van der Waals surface area (Å²) in [6.45, 7) is 13.3. The predicted octanol–water partition coefficient (Wildman–Crippen LogP) is 4.77. The van der Waals surface area contributed by atoms with Crippen LogP contribution in [0.2, 0.25) is 0 Å². The van der Waals surface area contributed by atoms with Gasteiger partial charge in [0, 0.05) is 11.3 Å². The van der Waals surface area contributed by atoms with Gasteiger partial charge in [0.1, 0.15) is 0 Å². The topological polar surface area (TPSA) is 75.3 Å². The van der Waals surface area contributed by atoms with Crippen molar-refractivity contribution in [1.82, 2.24) is 10.0 Å². The van der Waals surface area contributed by atoms with Gasteiger partial charge in [-0.1, -0.05) is 57.6 Å². The second-order valence-corrected chi connectivity index (χ2v) is 11.4. The fourth-order valence-corrected chi connectivity index (χ4v) is 4.79. The Morgan fingerprint density at radius 2 is 1.94 bits per heavy atom. The SMILES string of the molecule is C=C/C(=C\C=C(/C)C(=O)N[C@H]1C=CC(C2CCCC(C)C2C)=CC1)NS(=O)(=O)C(C)C. The first-order valence-corrected chi connectivity index (χ1v) is 12.8. The maximum Gasteiger partial charge on any atom is 0.247 e. The van der Waals surface area contributed by atoms with Crippen LogP contribution in [0, 0.1) is 17.8 Å². The van der Waals surface area contributed by atoms with Crippen molar-refractivity contribution in [2.75, 3.05) is 0 Å². The number of hydrogen-bond acceptors (Lipinski definition) is 3. The lowest BCUT2D eigenvalue weighted by molar-refractivity contribution is -0.117. The minimum Gasteiger partial charge on any atom is -0.346 e. The molecule has 0 radical (unpaired) electrons. The maximum atomic E-state index is 12.6. The zero-order valence-electron chi connectivity index (χ0n) is 19.5. The van der Waals surface area contributed by atoms with Gasteiger partial charge >= 0.3 is 0 Å². The van der Waals surface area contributed by atoms with E-state index in [2.05, 4.69) is 48.7 Å². The Balaban J connectivity index is 1.95. The summed E-state index contributed by atoms with van der Waals surface area (Å²) in [7, 11) is -3.46. The average Bonchev–Trinajstić information content (AvgIpc) is 2.73. The lowest BCUT2D eigenvalue weighted by Gasteiger charge is -2.36. The van der Waals surface area contributed by atoms with E-state index in [9.17, 15) is 13.2 Å². The molecule has 0 aromatic carbocycles. The van der Waals surface area contributed by atoms with Crippen LogP contribution in [0.4, 0.5) is 0 Å². The Hall–Kier alpha value is -2.08. The summed E-state index contributed by atoms with van der Waals surface area (Å²) >= 11 is 0. The van der Waals surface area contributed by atoms with Crippen LogP contribution in [-0.2, 0) is 14.8 Å². The van der Waals surface area contributed by atoms with Gasteiger partial charge in [0.05, 0.1) is 11.3 Å². The highest BCUT2D eigenvalue weighted by atomic mass is 32.2. The van der Waals surface area contributed by atoms with Crippen molar-refractivity contribution < 1.29 is 13.2 Å². The number of hydrogen-bond donors (Lipinski definition) is 2. The number of nitrogens with one attached hydrogen (secondary N) is 2. The third kappa shape index (κ3) is 6.96. The normalized spacial score (nSPS) is 27.6. The van der Waals surface area contributed by atoms with Gasteiger partial charge < -0.3 is 5.32 Å². The zero-order valence-corrected chi connectivity index (χ0v) is 20.3. The van der Waals surface area contributed by atoms with Gasteiger partial charge in [-0.05, 0) is 69.1 Å². The first-order chi connectivity index (χ1) is 14.5. The maximum absolute atomic E-state index is 12.6. The van der Waals surface area contributed by atoms with Crippen molar-refractivity contribution in [2.24, 2.45) is 17.8 Å². The molecule has 31 heavy (non-hydrogen) atoms. The molecule has 2 aliphatic carbocycles. The van der Waals surface area contributed by atoms with Gasteiger partial charge in [-0.15, -0.1) is 0 Å². The first-order valence-electron chi connectivity index (χ1n) is 11.3. The van der Waals surface area contributed by atoms with Crippen LogP contribution < -0.4 is 10.0 Å². The summed E-state index contributed by atoms with van der Waals surface area (Å²) in [6.07, 6.45) is 15.8. The van der Waals surface area contributed by atoms with Crippen LogP contribution in [0.5, 0.6) is 0 Å². The van der Waals surface area contributed by atoms with E-state index < -0.39 is 15.3 Å². The molecule has 5 nitrogen and oxygen atoms in total. The first kappa shape index (κ1) is 25.2. The highest BCUT2D eigenvalue weighted by Crippen LogP contribution is 2.39. The smallest absolute Gasteiger partial charge is 0.247 e. The second-order valence-electron chi connectivity index (χ2n) is 9.12. The molecule has 1 fully saturated rings. The highest BCUT2D eigenvalue weighted by Gasteiger charge is 2.29. The molecule has 2 N–H and O–H groups in total. The molecule has 4 atom stereocenters. The van der Waals surface area contributed by atoms with Crippen molar-refractivity contribution in [3.05, 3.63) is 59.9 Å². The van der Waals surface area contributed by atoms with Crippen LogP contribution in [0.3, 0.4) is 0 Å². The Morgan fingerprint density at radius 1 is 1.23 bits per heavy atom. The van der Waals surface area contributed by atoms with Crippen molar-refractivity contribution in [1.29, 1.82) is 0 Å². The molecule has 0 aromatic rings. The van der Waals surface area contributed by atoms with Gasteiger partial charge in [0.15, 0.2) is 0 Å². The summed E-state index contributed by atoms with van der Waals surface area (Å²) in [5, 5.41) is 2.48. The highest BCUT2D eigenvalue weighted by molar-refractivity contribution is 7.90. The van der Waals surface area contributed by atoms with E-state index in [1.165, 1.54) is 30.9 Å². The molecule has 0 bridgehead atoms. The third-order valence-corrected chi connectivity index (χ3v) is 8.31. The minimum absolute atomic E-state index is 0.0294. The van der Waals surface area contributed by atoms with E-state index >= 15 is 0 Å². The van der Waals surface area contributed by atoms with Crippen LogP contribution >= 0.6 is 0 Å². The van der Waals surface area contributed by atoms with E-state index in [0.717, 1.165) is 12.3 Å². The standard InChI is InChI=1S/C25H38N2O3S/c1-7-22(27-31(29,30)17(2)3)14-11-19(5)25(28)26-23-15-12-21(13-16-23)24-10-8-9-18(4)20(24)6/h7,11-15,17-18,20,23-24,27H,1,8-10,16H2,2-6H3,(H,26,28)/b19-11+,22-14+/t18?,20?,23-,24?/m0/s1. The van der Waals surface area contributed by atoms with Gasteiger partial charge in [0.25, 0.3) is 0 Å². The van der Waals surface area contributed by atoms with Crippen molar-refractivity contribution in [3.63, 3.8) is 0 Å². The predicted molar refractivity (Wildman–Crippen MR) is 129 cm³/mol. The molecule has 0 spiro atoms. The second kappa shape index (κ2) is 11.0. The van der Waals surface area contributed by atoms with Gasteiger partial charge in [-0.25, -0.2) is 8.42 Å². The van der Waals surface area contributed by atoms with Gasteiger partial charge in [-0.3, -0.25) is 9.52 Å². The number of rotatable bonds is 8. The fraction of sp³-hybridized carbons (Fsp3) is 0.560. The Labute approximate surface area is 188 Å². The fourth-order valence-electron chi connectivity index (χ4n) is 4.07. The largest absolute Gasteiger partial charge is 0.346 e. The third-order valence-electron chi connectivity index (χ3n) is 6.55. The summed E-state index contributed by atoms with van der Waals surface area (Å²) in [6, 6.07) is -0.0294. The van der Waals surface area contributed by atoms with E-state index in [1.807, 2.05) is 0 Å². The molecule has 2 rings (SSSR count). The number of sulfonamides is 1. The lowest BCUT2D eigenvalue weighted by atomic mass is 9.70. The molecule has 172 valence electrons. The molecule has 6 heteroatoms. The van der Waals surface area contributed by atoms with E-state index in [-0.39, 0.29) is 11.9 Å². The van der Waals surface area contributed by atoms with E-state index in [1.54, 1.807) is 32.9 Å². The lowest BCUT2D eigenvalue weighted by Crippen LogP contribution is -2.35. The molecule has 1 saturated carbocycles. The summed E-state index contributed by atoms with van der Waals surface area (Å²) < 4.78 is 26.5. The number of carbonyl (C=O) groups excluding carboxylic acids is 1. The Kier molecular flexibility index (Phi) is 8.92. The average molecular weight is 447 g/mol. The Bertz CT molecular complexity index is 894. The molecule has 0 saturated heterocycles.